The summed E-state index contributed by atoms with van der Waals surface area (Å²) in [7, 11) is 1.17. The molecule has 0 aliphatic rings. The van der Waals surface area contributed by atoms with Crippen molar-refractivity contribution in [3.63, 3.8) is 0 Å². The highest BCUT2D eigenvalue weighted by Gasteiger charge is 2.21. The smallest absolute Gasteiger partial charge is 0.306 e. The lowest BCUT2D eigenvalue weighted by atomic mass is 10.0. The lowest BCUT2D eigenvalue weighted by Gasteiger charge is -2.28. The van der Waals surface area contributed by atoms with Gasteiger partial charge in [-0.1, -0.05) is 168 Å². The molecule has 0 aromatic heterocycles. The summed E-state index contributed by atoms with van der Waals surface area (Å²) in [5.74, 6) is -0.885. The number of likely N-dealkylation sites (N-methyl/N-ethyl adjacent to an activating group) is 1. The minimum absolute atomic E-state index is 0.0286. The standard InChI is InChI=1S/C40H80NO8P/c1-6-8-9-10-11-12-13-14-15-16-17-18-19-20-21-22-23-24-25-26-27-28-29-30-31-33-39(42)46-36-38(49-40(43)32-7-2)37-48-50(44,45)47-35-34-41(3,4)5/h38H,6-37H2,1-5H3/t38-/m1/s1. The van der Waals surface area contributed by atoms with Crippen molar-refractivity contribution < 1.29 is 42.1 Å². The number of quaternary nitrogens is 1. The van der Waals surface area contributed by atoms with Gasteiger partial charge in [-0.3, -0.25) is 14.2 Å². The van der Waals surface area contributed by atoms with Gasteiger partial charge in [0.1, 0.15) is 19.8 Å². The second-order valence-corrected chi connectivity index (χ2v) is 16.8. The summed E-state index contributed by atoms with van der Waals surface area (Å²) in [5.41, 5.74) is 0. The highest BCUT2D eigenvalue weighted by Crippen LogP contribution is 2.38. The van der Waals surface area contributed by atoms with E-state index in [-0.39, 0.29) is 32.0 Å². The van der Waals surface area contributed by atoms with E-state index in [2.05, 4.69) is 6.92 Å². The van der Waals surface area contributed by atoms with Crippen molar-refractivity contribution in [2.45, 2.75) is 200 Å². The molecule has 0 aromatic rings. The van der Waals surface area contributed by atoms with Crippen molar-refractivity contribution in [1.29, 1.82) is 0 Å². The number of ether oxygens (including phenoxy) is 2. The number of carbonyl (C=O) groups excluding carboxylic acids is 2. The quantitative estimate of drug-likeness (QED) is 0.0267. The molecular formula is C40H80NO8P. The fourth-order valence-electron chi connectivity index (χ4n) is 5.87. The topological polar surface area (TPSA) is 111 Å². The van der Waals surface area contributed by atoms with Gasteiger partial charge >= 0.3 is 11.9 Å². The van der Waals surface area contributed by atoms with Crippen LogP contribution in [-0.2, 0) is 32.7 Å². The third kappa shape index (κ3) is 36.8. The van der Waals surface area contributed by atoms with E-state index >= 15 is 0 Å². The van der Waals surface area contributed by atoms with E-state index < -0.39 is 26.5 Å². The summed E-state index contributed by atoms with van der Waals surface area (Å²) in [6.45, 7) is 3.84. The van der Waals surface area contributed by atoms with Gasteiger partial charge < -0.3 is 27.9 Å². The zero-order valence-electron chi connectivity index (χ0n) is 33.4. The van der Waals surface area contributed by atoms with Gasteiger partial charge in [0.2, 0.25) is 0 Å². The van der Waals surface area contributed by atoms with Crippen molar-refractivity contribution in [1.82, 2.24) is 0 Å². The highest BCUT2D eigenvalue weighted by molar-refractivity contribution is 7.45. The van der Waals surface area contributed by atoms with Gasteiger partial charge in [-0.2, -0.15) is 0 Å². The number of rotatable bonds is 38. The van der Waals surface area contributed by atoms with Crippen molar-refractivity contribution >= 4 is 19.8 Å². The Morgan fingerprint density at radius 1 is 0.540 bits per heavy atom. The Hall–Kier alpha value is -0.990. The van der Waals surface area contributed by atoms with Gasteiger partial charge in [0.25, 0.3) is 7.82 Å². The second kappa shape index (κ2) is 33.8. The molecule has 0 aliphatic carbocycles. The molecule has 0 N–H and O–H groups in total. The van der Waals surface area contributed by atoms with E-state index in [0.29, 0.717) is 17.4 Å². The van der Waals surface area contributed by atoms with Gasteiger partial charge in [-0.25, -0.2) is 0 Å². The Balaban J connectivity index is 3.73. The molecule has 0 radical (unpaired) electrons. The third-order valence-electron chi connectivity index (χ3n) is 9.10. The van der Waals surface area contributed by atoms with Crippen LogP contribution in [-0.4, -0.2) is 70.0 Å². The molecule has 0 aliphatic heterocycles. The van der Waals surface area contributed by atoms with Gasteiger partial charge in [0, 0.05) is 12.8 Å². The maximum Gasteiger partial charge on any atom is 0.306 e. The number of carbonyl (C=O) groups is 2. The molecule has 1 unspecified atom stereocenters. The first kappa shape index (κ1) is 49.0. The molecule has 0 heterocycles. The number of phosphoric acid groups is 1. The molecule has 0 bridgehead atoms. The molecule has 0 amide bonds. The maximum atomic E-state index is 12.3. The molecule has 50 heavy (non-hydrogen) atoms. The van der Waals surface area contributed by atoms with Gasteiger partial charge in [-0.15, -0.1) is 0 Å². The van der Waals surface area contributed by atoms with E-state index in [9.17, 15) is 19.0 Å². The van der Waals surface area contributed by atoms with Crippen LogP contribution in [0.3, 0.4) is 0 Å². The number of unbranched alkanes of at least 4 members (excludes halogenated alkanes) is 24. The van der Waals surface area contributed by atoms with Crippen LogP contribution in [0.4, 0.5) is 0 Å². The summed E-state index contributed by atoms with van der Waals surface area (Å²) in [5, 5.41) is 0. The van der Waals surface area contributed by atoms with Gasteiger partial charge in [-0.05, 0) is 12.8 Å². The Kier molecular flexibility index (Phi) is 33.2. The Morgan fingerprint density at radius 2 is 0.940 bits per heavy atom. The van der Waals surface area contributed by atoms with E-state index in [4.69, 9.17) is 18.5 Å². The molecule has 9 nitrogen and oxygen atoms in total. The average Bonchev–Trinajstić information content (AvgIpc) is 3.05. The SMILES string of the molecule is CCCCCCCCCCCCCCCCCCCCCCCCCCCC(=O)OC[C@H](COP(=O)([O-])OCC[N+](C)(C)C)OC(=O)CCC. The number of phosphoric ester groups is 1. The van der Waals surface area contributed by atoms with Crippen LogP contribution in [0.1, 0.15) is 194 Å². The number of hydrogen-bond donors (Lipinski definition) is 0. The Morgan fingerprint density at radius 3 is 1.32 bits per heavy atom. The number of esters is 2. The third-order valence-corrected chi connectivity index (χ3v) is 10.1. The summed E-state index contributed by atoms with van der Waals surface area (Å²) >= 11 is 0. The summed E-state index contributed by atoms with van der Waals surface area (Å²) in [4.78, 5) is 36.4. The monoisotopic (exact) mass is 734 g/mol. The number of hydrogen-bond acceptors (Lipinski definition) is 8. The van der Waals surface area contributed by atoms with Crippen LogP contribution in [0.2, 0.25) is 0 Å². The van der Waals surface area contributed by atoms with Crippen molar-refractivity contribution in [3.8, 4) is 0 Å². The summed E-state index contributed by atoms with van der Waals surface area (Å²) < 4.78 is 33.1. The molecular weight excluding hydrogens is 653 g/mol. The predicted molar refractivity (Wildman–Crippen MR) is 204 cm³/mol. The minimum Gasteiger partial charge on any atom is -0.756 e. The molecule has 0 saturated carbocycles. The lowest BCUT2D eigenvalue weighted by Crippen LogP contribution is -2.37. The normalized spacial score (nSPS) is 13.6. The average molecular weight is 734 g/mol. The molecule has 10 heteroatoms. The maximum absolute atomic E-state index is 12.3. The molecule has 0 fully saturated rings. The van der Waals surface area contributed by atoms with Crippen LogP contribution in [0.15, 0.2) is 0 Å². The van der Waals surface area contributed by atoms with E-state index in [1.54, 1.807) is 0 Å². The van der Waals surface area contributed by atoms with E-state index in [1.807, 2.05) is 28.1 Å². The Bertz CT molecular complexity index is 835. The van der Waals surface area contributed by atoms with Gasteiger partial charge in [0.05, 0.1) is 27.7 Å². The van der Waals surface area contributed by atoms with Crippen LogP contribution in [0.5, 0.6) is 0 Å². The number of nitrogens with zero attached hydrogens (tertiary/aromatic N) is 1. The first-order valence-electron chi connectivity index (χ1n) is 20.7. The van der Waals surface area contributed by atoms with Crippen molar-refractivity contribution in [2.75, 3.05) is 47.5 Å². The van der Waals surface area contributed by atoms with Crippen LogP contribution < -0.4 is 4.89 Å². The molecule has 2 atom stereocenters. The zero-order chi connectivity index (χ0) is 37.2. The summed E-state index contributed by atoms with van der Waals surface area (Å²) in [6.07, 6.45) is 33.3. The van der Waals surface area contributed by atoms with E-state index in [1.165, 1.54) is 141 Å². The largest absolute Gasteiger partial charge is 0.756 e. The fraction of sp³-hybridized carbons (Fsp3) is 0.950. The molecule has 0 aromatic carbocycles. The highest BCUT2D eigenvalue weighted by atomic mass is 31.2. The first-order valence-corrected chi connectivity index (χ1v) is 22.2. The lowest BCUT2D eigenvalue weighted by molar-refractivity contribution is -0.870. The van der Waals surface area contributed by atoms with Crippen LogP contribution in [0.25, 0.3) is 0 Å². The van der Waals surface area contributed by atoms with Crippen molar-refractivity contribution in [2.24, 2.45) is 0 Å². The molecule has 0 saturated heterocycles. The first-order chi connectivity index (χ1) is 24.0. The molecule has 0 spiro atoms. The van der Waals surface area contributed by atoms with Crippen LogP contribution in [0, 0.1) is 0 Å². The Labute approximate surface area is 308 Å². The predicted octanol–water partition coefficient (Wildman–Crippen LogP) is 10.6. The zero-order valence-corrected chi connectivity index (χ0v) is 34.3. The molecule has 0 rings (SSSR count). The van der Waals surface area contributed by atoms with Crippen molar-refractivity contribution in [3.05, 3.63) is 0 Å². The minimum atomic E-state index is -4.58. The summed E-state index contributed by atoms with van der Waals surface area (Å²) in [6, 6.07) is 0. The molecule has 298 valence electrons. The second-order valence-electron chi connectivity index (χ2n) is 15.4. The van der Waals surface area contributed by atoms with Crippen LogP contribution >= 0.6 is 7.82 Å². The fourth-order valence-corrected chi connectivity index (χ4v) is 6.60. The van der Waals surface area contributed by atoms with E-state index in [0.717, 1.165) is 19.3 Å². The van der Waals surface area contributed by atoms with Gasteiger partial charge in [0.15, 0.2) is 6.10 Å².